The number of hydrogen-bond donors (Lipinski definition) is 13. The van der Waals surface area contributed by atoms with Gasteiger partial charge in [0.15, 0.2) is 22.9 Å². The minimum atomic E-state index is -4.73. The Kier molecular flexibility index (Phi) is 32.0. The monoisotopic (exact) mass is 1340 g/mol. The summed E-state index contributed by atoms with van der Waals surface area (Å²) in [4.78, 5) is 89.9. The van der Waals surface area contributed by atoms with Crippen LogP contribution in [0.2, 0.25) is 0 Å². The number of ether oxygens (including phenoxy) is 2. The van der Waals surface area contributed by atoms with Crippen LogP contribution in [0.4, 0.5) is 23.3 Å². The molecule has 2 unspecified atom stereocenters. The Morgan fingerprint density at radius 3 is 1.48 bits per heavy atom. The molecule has 2 aliphatic heterocycles. The Balaban J connectivity index is 0.000000387. The molecule has 40 heteroatoms. The number of aromatic amines is 2. The van der Waals surface area contributed by atoms with Crippen molar-refractivity contribution in [1.82, 2.24) is 79.6 Å². The average molecular weight is 1340 g/mol. The van der Waals surface area contributed by atoms with E-state index in [1.54, 1.807) is 33.7 Å². The van der Waals surface area contributed by atoms with Crippen LogP contribution in [0.3, 0.4) is 0 Å². The van der Waals surface area contributed by atoms with Gasteiger partial charge in [0.1, 0.15) is 83.9 Å². The molecule has 2 amide bonds. The quantitative estimate of drug-likeness (QED) is 0.0125. The fourth-order valence-electron chi connectivity index (χ4n) is 8.20. The molecule has 0 aromatic carbocycles. The van der Waals surface area contributed by atoms with E-state index in [0.29, 0.717) is 93.3 Å². The van der Waals surface area contributed by atoms with Gasteiger partial charge in [-0.15, -0.1) is 0 Å². The number of rotatable bonds is 18. The number of fused-ring (bicyclic) bond motifs is 4. The summed E-state index contributed by atoms with van der Waals surface area (Å²) in [7, 11) is -4.73. The third-order valence-electron chi connectivity index (χ3n) is 11.7. The van der Waals surface area contributed by atoms with Gasteiger partial charge in [-0.3, -0.25) is 18.7 Å². The Morgan fingerprint density at radius 1 is 0.667 bits per heavy atom. The Bertz CT molecular complexity index is 3610. The number of anilines is 4. The van der Waals surface area contributed by atoms with E-state index in [0.717, 1.165) is 0 Å². The molecular formula is C44H55Cl3K3N20O12P2+. The zero-order valence-corrected chi connectivity index (χ0v) is 59.1. The molecule has 0 saturated carbocycles. The summed E-state index contributed by atoms with van der Waals surface area (Å²) >= 11 is 13.8. The van der Waals surface area contributed by atoms with Gasteiger partial charge in [0.05, 0.1) is 48.8 Å². The molecule has 2 fully saturated rings. The number of phosphoric ester groups is 1. The minimum absolute atomic E-state index is 0. The van der Waals surface area contributed by atoms with Gasteiger partial charge in [-0.25, -0.2) is 54.4 Å². The molecular weight excluding hydrogens is 1290 g/mol. The number of carbonyl (C=O) groups excluding carboxylic acids is 2. The number of aromatic nitrogens is 14. The molecule has 436 valence electrons. The van der Waals surface area contributed by atoms with Crippen molar-refractivity contribution in [2.45, 2.75) is 49.7 Å². The van der Waals surface area contributed by atoms with E-state index in [-0.39, 0.29) is 212 Å². The predicted molar refractivity (Wildman–Crippen MR) is 300 cm³/mol. The summed E-state index contributed by atoms with van der Waals surface area (Å²) in [6, 6.07) is 0. The van der Waals surface area contributed by atoms with Crippen LogP contribution < -0.4 is 187 Å². The summed E-state index contributed by atoms with van der Waals surface area (Å²) in [6.45, 7) is 0.717. The standard InChI is InChI=1S/C21H25N10O7P.C21H24N10O4.2CH3.Cl3OP.3K/c22-18-16-11(1-2-14(33)23-3-4-24-19-17-20(27-8-25-17)29-10-28-19)6-31(21(16)30-9-26-18)15-5-12(32)13(38-15)7-37-39(34,35)36;22-18-16-11(6-31(21(16)30-9-26-18)15-5-12(33)13(7-32)35-15)1-2-14(34)23-3-4-24-19-17-20(27-8-25-17)29-10-28-19;;;1-5(2,3)4;;;/h1-2,6,8-10,12-13,15,32H,3-5,7H2,(H,23,33)(H2,22,26,30)(H2,34,35,36)(H2,24,25,27,28,29);1-2,6,8-10,12-13,15,32-33H,3-5,7H2,(H,23,34)(H2,22,26,30)(H2,24,25,27,28,29);2*1H3;;;;/q;;2*-1;;3*+1/b2*2-1+;;;;;;/t2*12?,13-,15-;;;;;;/m11....../s1. The van der Waals surface area contributed by atoms with E-state index in [1.807, 2.05) is 0 Å². The molecule has 6 atom stereocenters. The van der Waals surface area contributed by atoms with Crippen molar-refractivity contribution < 1.29 is 212 Å². The van der Waals surface area contributed by atoms with Crippen LogP contribution in [0.15, 0.2) is 62.5 Å². The third-order valence-corrected chi connectivity index (χ3v) is 12.1. The molecule has 10 heterocycles. The Morgan fingerprint density at radius 2 is 1.07 bits per heavy atom. The molecule has 2 aliphatic rings. The van der Waals surface area contributed by atoms with E-state index >= 15 is 0 Å². The smallest absolute Gasteiger partial charge is 0.394 e. The second kappa shape index (κ2) is 35.3. The van der Waals surface area contributed by atoms with Crippen LogP contribution >= 0.6 is 46.7 Å². The number of halogens is 3. The molecule has 0 spiro atoms. The van der Waals surface area contributed by atoms with Crippen molar-refractivity contribution in [2.24, 2.45) is 0 Å². The van der Waals surface area contributed by atoms with Crippen LogP contribution in [0.5, 0.6) is 0 Å². The van der Waals surface area contributed by atoms with Gasteiger partial charge in [-0.05, 0) is 45.9 Å². The molecule has 0 bridgehead atoms. The first-order valence-electron chi connectivity index (χ1n) is 23.3. The molecule has 0 aliphatic carbocycles. The van der Waals surface area contributed by atoms with E-state index in [9.17, 15) is 34.0 Å². The summed E-state index contributed by atoms with van der Waals surface area (Å²) in [5.41, 5.74) is 16.7. The van der Waals surface area contributed by atoms with Crippen LogP contribution in [-0.4, -0.2) is 170 Å². The first kappa shape index (κ1) is 76.1. The molecule has 2 saturated heterocycles. The maximum Gasteiger partial charge on any atom is 1.00 e. The fraction of sp³-hybridized carbons (Fsp3) is 0.318. The Hall–Kier alpha value is -2.12. The largest absolute Gasteiger partial charge is 1.00 e. The van der Waals surface area contributed by atoms with Gasteiger partial charge in [0.25, 0.3) is 0 Å². The van der Waals surface area contributed by atoms with Crippen LogP contribution in [-0.2, 0) is 32.7 Å². The van der Waals surface area contributed by atoms with Gasteiger partial charge in [-0.1, -0.05) is 0 Å². The number of nitrogens with zero attached hydrogens (tertiary/aromatic N) is 12. The van der Waals surface area contributed by atoms with Crippen molar-refractivity contribution >= 4 is 138 Å². The number of amides is 2. The molecule has 10 rings (SSSR count). The topological polar surface area (TPSA) is 468 Å². The summed E-state index contributed by atoms with van der Waals surface area (Å²) in [6.07, 6.45) is 13.4. The third kappa shape index (κ3) is 21.0. The fourth-order valence-corrected chi connectivity index (χ4v) is 8.55. The molecule has 32 nitrogen and oxygen atoms in total. The zero-order chi connectivity index (χ0) is 56.4. The average Bonchev–Trinajstić information content (AvgIpc) is 3.47. The number of hydrogen-bond acceptors (Lipinski definition) is 24. The van der Waals surface area contributed by atoms with E-state index in [2.05, 4.69) is 119 Å². The number of carbonyl (C=O) groups is 2. The molecule has 15 N–H and O–H groups in total. The SMILES string of the molecule is Nc1ncnc2c1c(/C=C/C(=O)NCCNc1ncnc3nc[nH]c13)cn2[C@H]1CC(O)[C@@H](CO)O1.Nc1ncnc2c1c(/C=C/C(=O)NCCNc1ncnc3nc[nH]c13)cn2[C@H]1CC(O)[C@@H](COP(=O)(O)O)O1.O=P(Cl)(Cl)Cl.[CH3-].[CH3-].[K+].[K+].[K+]. The van der Waals surface area contributed by atoms with Crippen molar-refractivity contribution in [2.75, 3.05) is 61.5 Å². The van der Waals surface area contributed by atoms with Crippen LogP contribution in [0, 0.1) is 14.9 Å². The molecule has 8 aromatic heterocycles. The number of nitrogen functional groups attached to an aromatic ring is 2. The second-order valence-electron chi connectivity index (χ2n) is 16.9. The van der Waals surface area contributed by atoms with Crippen molar-refractivity contribution in [1.29, 1.82) is 0 Å². The first-order chi connectivity index (χ1) is 37.7. The number of aliphatic hydroxyl groups excluding tert-OH is 3. The van der Waals surface area contributed by atoms with Gasteiger partial charge in [-0.2, -0.15) is 0 Å². The summed E-state index contributed by atoms with van der Waals surface area (Å²) in [5.74, 6) is 0.946. The Labute approximate surface area is 620 Å². The van der Waals surface area contributed by atoms with Gasteiger partial charge in [0, 0.05) is 74.7 Å². The first-order valence-corrected chi connectivity index (χ1v) is 29.3. The van der Waals surface area contributed by atoms with Gasteiger partial charge >= 0.3 is 167 Å². The van der Waals surface area contributed by atoms with Crippen molar-refractivity contribution in [3.63, 3.8) is 0 Å². The van der Waals surface area contributed by atoms with Crippen molar-refractivity contribution in [3.05, 3.63) is 88.5 Å². The number of H-pyrrole nitrogens is 2. The zero-order valence-electron chi connectivity index (χ0n) is 45.7. The molecule has 0 radical (unpaired) electrons. The predicted octanol–water partition coefficient (Wildman–Crippen LogP) is -6.04. The van der Waals surface area contributed by atoms with Crippen molar-refractivity contribution in [3.8, 4) is 0 Å². The summed E-state index contributed by atoms with van der Waals surface area (Å²) in [5, 5.41) is 39.4. The maximum atomic E-state index is 12.4. The number of nitrogens with one attached hydrogen (secondary N) is 6. The minimum Gasteiger partial charge on any atom is -0.394 e. The second-order valence-corrected chi connectivity index (χ2v) is 24.8. The summed E-state index contributed by atoms with van der Waals surface area (Å²) < 4.78 is 39.9. The number of imidazole rings is 2. The maximum absolute atomic E-state index is 12.4. The van der Waals surface area contributed by atoms with Crippen LogP contribution in [0.25, 0.3) is 56.5 Å². The van der Waals surface area contributed by atoms with E-state index in [1.165, 1.54) is 50.1 Å². The number of phosphoric acid groups is 1. The molecule has 8 aromatic rings. The normalized spacial score (nSPS) is 18.3. The number of nitrogens with two attached hydrogens (primary N) is 2. The molecule has 84 heavy (non-hydrogen) atoms. The number of aliphatic hydroxyl groups is 3. The van der Waals surface area contributed by atoms with E-state index in [4.69, 9.17) is 30.7 Å². The van der Waals surface area contributed by atoms with Gasteiger partial charge in [0.2, 0.25) is 11.8 Å². The van der Waals surface area contributed by atoms with Crippen LogP contribution in [0.1, 0.15) is 36.4 Å². The van der Waals surface area contributed by atoms with E-state index < -0.39 is 56.5 Å². The van der Waals surface area contributed by atoms with Gasteiger partial charge < -0.3 is 101 Å².